The average Bonchev–Trinajstić information content (AvgIpc) is 3.02. The average molecular weight is 376 g/mol. The van der Waals surface area contributed by atoms with Gasteiger partial charge in [-0.3, -0.25) is 4.55 Å². The fourth-order valence-electron chi connectivity index (χ4n) is 2.24. The summed E-state index contributed by atoms with van der Waals surface area (Å²) in [5.41, 5.74) is 7.73. The third-order valence-corrected chi connectivity index (χ3v) is 5.52. The summed E-state index contributed by atoms with van der Waals surface area (Å²) in [6.07, 6.45) is 1.46. The van der Waals surface area contributed by atoms with Crippen LogP contribution in [0.15, 0.2) is 23.1 Å². The molecular formula is C14H18ClN3O3S2. The molecule has 0 saturated heterocycles. The number of hydrogen-bond acceptors (Lipinski definition) is 6. The summed E-state index contributed by atoms with van der Waals surface area (Å²) < 4.78 is 31.0. The van der Waals surface area contributed by atoms with E-state index in [1.807, 2.05) is 0 Å². The van der Waals surface area contributed by atoms with E-state index in [4.69, 9.17) is 21.9 Å². The highest BCUT2D eigenvalue weighted by Gasteiger charge is 2.20. The number of hydrogen-bond donors (Lipinski definition) is 2. The highest BCUT2D eigenvalue weighted by Crippen LogP contribution is 2.24. The second-order valence-corrected chi connectivity index (χ2v) is 8.63. The molecule has 1 aromatic carbocycles. The molecule has 6 nitrogen and oxygen atoms in total. The Morgan fingerprint density at radius 1 is 1.30 bits per heavy atom. The third kappa shape index (κ3) is 4.95. The van der Waals surface area contributed by atoms with Crippen molar-refractivity contribution in [3.05, 3.63) is 38.8 Å². The highest BCUT2D eigenvalue weighted by molar-refractivity contribution is 7.85. The Morgan fingerprint density at radius 3 is 2.43 bits per heavy atom. The molecule has 0 saturated carbocycles. The maximum Gasteiger partial charge on any atom is 0.294 e. The van der Waals surface area contributed by atoms with Crippen molar-refractivity contribution in [3.8, 4) is 0 Å². The topological polar surface area (TPSA) is 106 Å². The van der Waals surface area contributed by atoms with Gasteiger partial charge in [0.1, 0.15) is 5.01 Å². The van der Waals surface area contributed by atoms with Crippen molar-refractivity contribution in [2.75, 3.05) is 0 Å². The largest absolute Gasteiger partial charge is 0.327 e. The van der Waals surface area contributed by atoms with E-state index in [0.29, 0.717) is 16.8 Å². The number of benzene rings is 1. The van der Waals surface area contributed by atoms with E-state index in [-0.39, 0.29) is 10.9 Å². The van der Waals surface area contributed by atoms with Crippen molar-refractivity contribution < 1.29 is 13.0 Å². The molecule has 0 radical (unpaired) electrons. The monoisotopic (exact) mass is 375 g/mol. The van der Waals surface area contributed by atoms with E-state index < -0.39 is 10.1 Å². The maximum atomic E-state index is 10.8. The number of nitrogens with two attached hydrogens (primary N) is 1. The van der Waals surface area contributed by atoms with Gasteiger partial charge in [-0.1, -0.05) is 31.3 Å². The van der Waals surface area contributed by atoms with Gasteiger partial charge in [-0.15, -0.1) is 10.2 Å². The molecule has 0 spiro atoms. The molecule has 1 aliphatic rings. The van der Waals surface area contributed by atoms with Crippen LogP contribution in [0, 0.1) is 0 Å². The minimum Gasteiger partial charge on any atom is -0.327 e. The first-order valence-corrected chi connectivity index (χ1v) is 9.64. The van der Waals surface area contributed by atoms with Crippen molar-refractivity contribution in [2.24, 2.45) is 5.73 Å². The molecule has 1 heterocycles. The van der Waals surface area contributed by atoms with Crippen LogP contribution in [0.25, 0.3) is 0 Å². The molecule has 0 aliphatic heterocycles. The van der Waals surface area contributed by atoms with Crippen molar-refractivity contribution in [2.45, 2.75) is 43.5 Å². The summed E-state index contributed by atoms with van der Waals surface area (Å²) in [6, 6.07) is 4.69. The zero-order valence-electron chi connectivity index (χ0n) is 12.7. The van der Waals surface area contributed by atoms with E-state index in [0.717, 1.165) is 22.6 Å². The minimum atomic E-state index is -4.08. The van der Waals surface area contributed by atoms with E-state index in [1.54, 1.807) is 6.07 Å². The number of nitrogens with zero attached hydrogens (tertiary/aromatic N) is 2. The minimum absolute atomic E-state index is 0.0506. The smallest absolute Gasteiger partial charge is 0.294 e. The van der Waals surface area contributed by atoms with Gasteiger partial charge in [-0.05, 0) is 47.7 Å². The fourth-order valence-corrected chi connectivity index (χ4v) is 3.62. The van der Waals surface area contributed by atoms with Crippen molar-refractivity contribution >= 4 is 33.1 Å². The summed E-state index contributed by atoms with van der Waals surface area (Å²) in [6.45, 7) is 4.13. The van der Waals surface area contributed by atoms with Gasteiger partial charge in [0.25, 0.3) is 10.1 Å². The van der Waals surface area contributed by atoms with E-state index in [2.05, 4.69) is 24.0 Å². The molecule has 3 N–H and O–H groups in total. The quantitative estimate of drug-likeness (QED) is 0.781. The zero-order valence-corrected chi connectivity index (χ0v) is 15.1. The molecule has 23 heavy (non-hydrogen) atoms. The Morgan fingerprint density at radius 2 is 1.96 bits per heavy atom. The Bertz CT molecular complexity index is 790. The van der Waals surface area contributed by atoms with Crippen LogP contribution >= 0.6 is 22.9 Å². The zero-order chi connectivity index (χ0) is 17.2. The first-order chi connectivity index (χ1) is 10.7. The van der Waals surface area contributed by atoms with Crippen molar-refractivity contribution in [1.29, 1.82) is 0 Å². The van der Waals surface area contributed by atoms with Crippen LogP contribution in [-0.2, 0) is 23.0 Å². The molecule has 2 aromatic rings. The second-order valence-electron chi connectivity index (χ2n) is 5.62. The number of fused-ring (bicyclic) bond motifs is 1. The van der Waals surface area contributed by atoms with Gasteiger partial charge in [0.05, 0.1) is 4.90 Å². The first-order valence-electron chi connectivity index (χ1n) is 7.00. The molecule has 1 unspecified atom stereocenters. The summed E-state index contributed by atoms with van der Waals surface area (Å²) >= 11 is 6.99. The van der Waals surface area contributed by atoms with Gasteiger partial charge in [0.15, 0.2) is 0 Å². The Kier molecular flexibility index (Phi) is 5.74. The van der Waals surface area contributed by atoms with E-state index in [9.17, 15) is 8.42 Å². The molecule has 1 atom stereocenters. The molecule has 0 fully saturated rings. The molecule has 1 aromatic heterocycles. The summed E-state index contributed by atoms with van der Waals surface area (Å²) in [5.74, 6) is 0.440. The van der Waals surface area contributed by atoms with E-state index >= 15 is 0 Å². The Balaban J connectivity index is 0.000000185. The summed E-state index contributed by atoms with van der Waals surface area (Å²) in [5, 5.41) is 8.52. The molecule has 1 aliphatic carbocycles. The number of rotatable bonds is 2. The fraction of sp³-hybridized carbons (Fsp3) is 0.429. The van der Waals surface area contributed by atoms with Crippen molar-refractivity contribution in [1.82, 2.24) is 10.2 Å². The van der Waals surface area contributed by atoms with Gasteiger partial charge < -0.3 is 5.73 Å². The van der Waals surface area contributed by atoms with Crippen LogP contribution in [0.4, 0.5) is 0 Å². The lowest BCUT2D eigenvalue weighted by atomic mass is 10.1. The predicted molar refractivity (Wildman–Crippen MR) is 90.6 cm³/mol. The third-order valence-electron chi connectivity index (χ3n) is 3.35. The lowest BCUT2D eigenvalue weighted by Crippen LogP contribution is -2.19. The first kappa shape index (κ1) is 18.3. The molecule has 0 bridgehead atoms. The standard InChI is InChI=1S/C9H11NO3S.C5H7ClN2S/c10-8-3-6-1-2-9(14(11,12)13)5-7(6)4-8;1-3(2)4-7-8-5(6)9-4/h1-2,5,8H,3-4,10H2,(H,11,12,13);3H,1-2H3. The SMILES string of the molecule is CC(C)c1nnc(Cl)s1.NC1Cc2ccc(S(=O)(=O)O)cc2C1. The Hall–Kier alpha value is -1.06. The highest BCUT2D eigenvalue weighted by atomic mass is 35.5. The van der Waals surface area contributed by atoms with Gasteiger partial charge in [0, 0.05) is 12.0 Å². The predicted octanol–water partition coefficient (Wildman–Crippen LogP) is 2.67. The number of aromatic nitrogens is 2. The molecule has 9 heteroatoms. The normalized spacial score (nSPS) is 16.9. The molecule has 3 rings (SSSR count). The van der Waals surface area contributed by atoms with Gasteiger partial charge in [-0.2, -0.15) is 8.42 Å². The lowest BCUT2D eigenvalue weighted by molar-refractivity contribution is 0.483. The van der Waals surface area contributed by atoms with Crippen LogP contribution in [0.2, 0.25) is 4.47 Å². The van der Waals surface area contributed by atoms with Gasteiger partial charge >= 0.3 is 0 Å². The lowest BCUT2D eigenvalue weighted by Gasteiger charge is -2.00. The van der Waals surface area contributed by atoms with Crippen LogP contribution in [0.1, 0.15) is 35.9 Å². The molecule has 126 valence electrons. The van der Waals surface area contributed by atoms with Gasteiger partial charge in [0.2, 0.25) is 4.47 Å². The Labute approximate surface area is 144 Å². The summed E-state index contributed by atoms with van der Waals surface area (Å²) in [7, 11) is -4.08. The van der Waals surface area contributed by atoms with Gasteiger partial charge in [-0.25, -0.2) is 0 Å². The molecule has 0 amide bonds. The van der Waals surface area contributed by atoms with Crippen molar-refractivity contribution in [3.63, 3.8) is 0 Å². The maximum absolute atomic E-state index is 10.8. The van der Waals surface area contributed by atoms with E-state index in [1.165, 1.54) is 23.5 Å². The van der Waals surface area contributed by atoms with Crippen LogP contribution in [0.5, 0.6) is 0 Å². The van der Waals surface area contributed by atoms with Crippen LogP contribution in [0.3, 0.4) is 0 Å². The summed E-state index contributed by atoms with van der Waals surface area (Å²) in [4.78, 5) is -0.0506. The molecular weight excluding hydrogens is 358 g/mol. The second kappa shape index (κ2) is 7.23. The number of halogens is 1. The van der Waals surface area contributed by atoms with Crippen LogP contribution in [-0.4, -0.2) is 29.2 Å². The van der Waals surface area contributed by atoms with Crippen LogP contribution < -0.4 is 5.73 Å².